The molecule has 0 unspecified atom stereocenters. The van der Waals surface area contributed by atoms with Crippen LogP contribution in [0.3, 0.4) is 0 Å². The van der Waals surface area contributed by atoms with Crippen molar-refractivity contribution in [2.45, 2.75) is 26.2 Å². The van der Waals surface area contributed by atoms with Crippen molar-refractivity contribution in [2.24, 2.45) is 5.92 Å². The summed E-state index contributed by atoms with van der Waals surface area (Å²) in [6.07, 6.45) is 2.28. The van der Waals surface area contributed by atoms with Crippen LogP contribution < -0.4 is 10.1 Å². The van der Waals surface area contributed by atoms with Crippen LogP contribution in [0.2, 0.25) is 5.02 Å². The lowest BCUT2D eigenvalue weighted by Gasteiger charge is -2.32. The van der Waals surface area contributed by atoms with Gasteiger partial charge in [-0.05, 0) is 37.5 Å². The second-order valence-corrected chi connectivity index (χ2v) is 6.83. The van der Waals surface area contributed by atoms with Gasteiger partial charge in [0, 0.05) is 38.8 Å². The summed E-state index contributed by atoms with van der Waals surface area (Å²) in [6, 6.07) is 5.05. The van der Waals surface area contributed by atoms with Gasteiger partial charge in [0.1, 0.15) is 5.75 Å². The van der Waals surface area contributed by atoms with Gasteiger partial charge >= 0.3 is 6.03 Å². The number of ether oxygens (including phenoxy) is 1. The second kappa shape index (κ2) is 8.94. The van der Waals surface area contributed by atoms with Crippen molar-refractivity contribution in [1.82, 2.24) is 9.80 Å². The van der Waals surface area contributed by atoms with E-state index < -0.39 is 0 Å². The minimum atomic E-state index is -0.172. The smallest absolute Gasteiger partial charge is 0.321 e. The van der Waals surface area contributed by atoms with Crippen molar-refractivity contribution >= 4 is 29.2 Å². The zero-order chi connectivity index (χ0) is 18.4. The van der Waals surface area contributed by atoms with Crippen LogP contribution in [0.25, 0.3) is 0 Å². The van der Waals surface area contributed by atoms with Gasteiger partial charge in [-0.3, -0.25) is 4.79 Å². The summed E-state index contributed by atoms with van der Waals surface area (Å²) in [6.45, 7) is 3.77. The van der Waals surface area contributed by atoms with Crippen LogP contribution in [0.1, 0.15) is 26.2 Å². The van der Waals surface area contributed by atoms with Crippen LogP contribution in [-0.2, 0) is 4.79 Å². The zero-order valence-electron chi connectivity index (χ0n) is 15.0. The fourth-order valence-electron chi connectivity index (χ4n) is 2.80. The van der Waals surface area contributed by atoms with E-state index in [1.54, 1.807) is 42.1 Å². The fraction of sp³-hybridized carbons (Fsp3) is 0.556. The van der Waals surface area contributed by atoms with Crippen LogP contribution in [0.15, 0.2) is 18.2 Å². The van der Waals surface area contributed by atoms with Gasteiger partial charge in [-0.1, -0.05) is 18.5 Å². The Bertz CT molecular complexity index is 614. The summed E-state index contributed by atoms with van der Waals surface area (Å²) in [5.74, 6) is 0.752. The molecule has 1 fully saturated rings. The molecule has 0 aromatic heterocycles. The highest BCUT2D eigenvalue weighted by Crippen LogP contribution is 2.28. The number of nitrogens with zero attached hydrogens (tertiary/aromatic N) is 2. The van der Waals surface area contributed by atoms with Gasteiger partial charge in [-0.15, -0.1) is 0 Å². The third-order valence-electron chi connectivity index (χ3n) is 4.22. The molecule has 1 heterocycles. The fourth-order valence-corrected chi connectivity index (χ4v) is 3.04. The highest BCUT2D eigenvalue weighted by molar-refractivity contribution is 6.32. The molecule has 0 spiro atoms. The van der Waals surface area contributed by atoms with E-state index in [4.69, 9.17) is 16.3 Å². The minimum absolute atomic E-state index is 0.00323. The molecule has 1 saturated heterocycles. The van der Waals surface area contributed by atoms with Gasteiger partial charge in [0.05, 0.1) is 11.6 Å². The van der Waals surface area contributed by atoms with E-state index in [1.807, 2.05) is 6.92 Å². The van der Waals surface area contributed by atoms with Gasteiger partial charge in [0.15, 0.2) is 0 Å². The average molecular weight is 368 g/mol. The van der Waals surface area contributed by atoms with Crippen molar-refractivity contribution in [3.8, 4) is 5.75 Å². The maximum Gasteiger partial charge on any atom is 0.321 e. The number of carbonyl (C=O) groups excluding carboxylic acids is 2. The Labute approximate surface area is 154 Å². The lowest BCUT2D eigenvalue weighted by atomic mass is 9.96. The molecule has 0 aliphatic carbocycles. The quantitative estimate of drug-likeness (QED) is 0.866. The molecule has 3 amide bonds. The number of likely N-dealkylation sites (tertiary alicyclic amines) is 1. The lowest BCUT2D eigenvalue weighted by molar-refractivity contribution is -0.134. The molecule has 0 saturated carbocycles. The van der Waals surface area contributed by atoms with Crippen molar-refractivity contribution in [3.05, 3.63) is 23.2 Å². The molecule has 138 valence electrons. The number of carbonyl (C=O) groups is 2. The first-order chi connectivity index (χ1) is 11.9. The number of amides is 3. The van der Waals surface area contributed by atoms with Crippen LogP contribution >= 0.6 is 11.6 Å². The van der Waals surface area contributed by atoms with Crippen LogP contribution in [-0.4, -0.2) is 55.5 Å². The molecule has 1 aliphatic heterocycles. The number of rotatable bonds is 5. The first kappa shape index (κ1) is 19.4. The number of benzene rings is 1. The molecule has 1 aromatic carbocycles. The summed E-state index contributed by atoms with van der Waals surface area (Å²) < 4.78 is 5.52. The summed E-state index contributed by atoms with van der Waals surface area (Å²) >= 11 is 6.19. The average Bonchev–Trinajstić information content (AvgIpc) is 2.60. The van der Waals surface area contributed by atoms with Gasteiger partial charge in [0.2, 0.25) is 5.91 Å². The SMILES string of the molecule is CCCOc1ccc(NC(=O)N2CCC(C(=O)N(C)C)CC2)cc1Cl. The zero-order valence-corrected chi connectivity index (χ0v) is 15.8. The molecule has 6 nitrogen and oxygen atoms in total. The van der Waals surface area contributed by atoms with E-state index in [0.29, 0.717) is 49.0 Å². The third kappa shape index (κ3) is 5.26. The maximum atomic E-state index is 12.4. The van der Waals surface area contributed by atoms with E-state index >= 15 is 0 Å². The monoisotopic (exact) mass is 367 g/mol. The Hall–Kier alpha value is -1.95. The summed E-state index contributed by atoms with van der Waals surface area (Å²) in [5.41, 5.74) is 0.630. The molecule has 1 aliphatic rings. The second-order valence-electron chi connectivity index (χ2n) is 6.42. The van der Waals surface area contributed by atoms with Crippen LogP contribution in [0, 0.1) is 5.92 Å². The lowest BCUT2D eigenvalue weighted by Crippen LogP contribution is -2.44. The number of urea groups is 1. The number of anilines is 1. The van der Waals surface area contributed by atoms with E-state index in [0.717, 1.165) is 6.42 Å². The predicted molar refractivity (Wildman–Crippen MR) is 99.2 cm³/mol. The van der Waals surface area contributed by atoms with Gasteiger partial charge < -0.3 is 19.9 Å². The van der Waals surface area contributed by atoms with Gasteiger partial charge in [-0.25, -0.2) is 4.79 Å². The molecule has 2 rings (SSSR count). The van der Waals surface area contributed by atoms with E-state index in [2.05, 4.69) is 5.32 Å². The number of hydrogen-bond donors (Lipinski definition) is 1. The van der Waals surface area contributed by atoms with Crippen molar-refractivity contribution in [3.63, 3.8) is 0 Å². The summed E-state index contributed by atoms with van der Waals surface area (Å²) in [5, 5.41) is 3.33. The molecular formula is C18H26ClN3O3. The normalized spacial score (nSPS) is 15.0. The van der Waals surface area contributed by atoms with E-state index in [1.165, 1.54) is 0 Å². The molecule has 7 heteroatoms. The van der Waals surface area contributed by atoms with Crippen LogP contribution in [0.5, 0.6) is 5.75 Å². The largest absolute Gasteiger partial charge is 0.492 e. The predicted octanol–water partition coefficient (Wildman–Crippen LogP) is 3.46. The Balaban J connectivity index is 1.88. The van der Waals surface area contributed by atoms with Crippen molar-refractivity contribution in [2.75, 3.05) is 39.1 Å². The molecule has 0 bridgehead atoms. The van der Waals surface area contributed by atoms with Gasteiger partial charge in [-0.2, -0.15) is 0 Å². The molecular weight excluding hydrogens is 342 g/mol. The molecule has 1 aromatic rings. The summed E-state index contributed by atoms with van der Waals surface area (Å²) in [7, 11) is 3.53. The number of piperidine rings is 1. The molecule has 0 radical (unpaired) electrons. The number of halogens is 1. The highest BCUT2D eigenvalue weighted by Gasteiger charge is 2.28. The van der Waals surface area contributed by atoms with E-state index in [9.17, 15) is 9.59 Å². The van der Waals surface area contributed by atoms with E-state index in [-0.39, 0.29) is 17.9 Å². The minimum Gasteiger partial charge on any atom is -0.492 e. The first-order valence-electron chi connectivity index (χ1n) is 8.61. The van der Waals surface area contributed by atoms with Crippen molar-refractivity contribution in [1.29, 1.82) is 0 Å². The number of nitrogens with one attached hydrogen (secondary N) is 1. The number of hydrogen-bond acceptors (Lipinski definition) is 3. The highest BCUT2D eigenvalue weighted by atomic mass is 35.5. The summed E-state index contributed by atoms with van der Waals surface area (Å²) in [4.78, 5) is 27.7. The standard InChI is InChI=1S/C18H26ClN3O3/c1-4-11-25-16-6-5-14(12-15(16)19)20-18(24)22-9-7-13(8-10-22)17(23)21(2)3/h5-6,12-13H,4,7-11H2,1-3H3,(H,20,24). The third-order valence-corrected chi connectivity index (χ3v) is 4.51. The Kier molecular flexibility index (Phi) is 6.93. The molecule has 1 N–H and O–H groups in total. The topological polar surface area (TPSA) is 61.9 Å². The Morgan fingerprint density at radius 1 is 1.32 bits per heavy atom. The van der Waals surface area contributed by atoms with Crippen molar-refractivity contribution < 1.29 is 14.3 Å². The van der Waals surface area contributed by atoms with Crippen LogP contribution in [0.4, 0.5) is 10.5 Å². The molecule has 25 heavy (non-hydrogen) atoms. The maximum absolute atomic E-state index is 12.4. The van der Waals surface area contributed by atoms with Gasteiger partial charge in [0.25, 0.3) is 0 Å². The Morgan fingerprint density at radius 2 is 2.00 bits per heavy atom. The Morgan fingerprint density at radius 3 is 2.56 bits per heavy atom. The first-order valence-corrected chi connectivity index (χ1v) is 8.99. The molecule has 0 atom stereocenters.